The van der Waals surface area contributed by atoms with Crippen molar-refractivity contribution in [3.63, 3.8) is 0 Å². The van der Waals surface area contributed by atoms with E-state index in [1.54, 1.807) is 12.4 Å². The Morgan fingerprint density at radius 1 is 1.14 bits per heavy atom. The molecule has 196 valence electrons. The van der Waals surface area contributed by atoms with Crippen LogP contribution in [0.1, 0.15) is 24.6 Å². The van der Waals surface area contributed by atoms with Gasteiger partial charge in [0.2, 0.25) is 0 Å². The average molecular weight is 513 g/mol. The van der Waals surface area contributed by atoms with Gasteiger partial charge in [-0.1, -0.05) is 6.92 Å². The lowest BCUT2D eigenvalue weighted by Gasteiger charge is -2.37. The molecule has 2 atom stereocenters. The van der Waals surface area contributed by atoms with Crippen LogP contribution in [-0.2, 0) is 13.0 Å². The van der Waals surface area contributed by atoms with E-state index in [-0.39, 0.29) is 19.0 Å². The minimum absolute atomic E-state index is 0.0792. The standard InChI is InChI=1S/C27H31F3N6O/c1-16-6-18(31)13-36(12-16)24-4-5-32-11-23(24)34-10-19-2-3-20(28)26(35-19)25-21(29)7-17(8-22(25)30)9-27(37)14-33-15-27/h2-5,7-8,11,16,18,33-34,37H,6,9-10,12-15,31H2,1H3/t16-,18+/m1/s1. The summed E-state index contributed by atoms with van der Waals surface area (Å²) in [5.74, 6) is -2.22. The number of nitrogens with zero attached hydrogens (tertiary/aromatic N) is 3. The topological polar surface area (TPSA) is 99.3 Å². The van der Waals surface area contributed by atoms with Crippen molar-refractivity contribution in [1.29, 1.82) is 0 Å². The van der Waals surface area contributed by atoms with Gasteiger partial charge >= 0.3 is 0 Å². The average Bonchev–Trinajstić information content (AvgIpc) is 2.82. The normalized spacial score (nSPS) is 21.0. The van der Waals surface area contributed by atoms with E-state index in [0.29, 0.717) is 30.3 Å². The number of β-amino-alcohol motifs (C(OH)–C–C–N with tert-alkyl or cyclic N) is 1. The fraction of sp³-hybridized carbons (Fsp3) is 0.407. The maximum Gasteiger partial charge on any atom is 0.149 e. The molecule has 2 saturated heterocycles. The predicted molar refractivity (Wildman–Crippen MR) is 137 cm³/mol. The Labute approximate surface area is 213 Å². The molecule has 5 rings (SSSR count). The number of hydrogen-bond acceptors (Lipinski definition) is 7. The van der Waals surface area contributed by atoms with Gasteiger partial charge in [0.1, 0.15) is 23.1 Å². The molecule has 2 fully saturated rings. The van der Waals surface area contributed by atoms with E-state index in [0.717, 1.165) is 49.1 Å². The summed E-state index contributed by atoms with van der Waals surface area (Å²) >= 11 is 0. The van der Waals surface area contributed by atoms with Crippen molar-refractivity contribution in [2.24, 2.45) is 11.7 Å². The highest BCUT2D eigenvalue weighted by Gasteiger charge is 2.35. The monoisotopic (exact) mass is 512 g/mol. The van der Waals surface area contributed by atoms with Gasteiger partial charge in [-0.15, -0.1) is 0 Å². The van der Waals surface area contributed by atoms with Crippen LogP contribution in [0.4, 0.5) is 24.5 Å². The van der Waals surface area contributed by atoms with Crippen molar-refractivity contribution in [2.75, 3.05) is 36.4 Å². The lowest BCUT2D eigenvalue weighted by molar-refractivity contribution is -0.00910. The number of nitrogens with two attached hydrogens (primary N) is 1. The molecule has 37 heavy (non-hydrogen) atoms. The molecule has 0 unspecified atom stereocenters. The zero-order valence-corrected chi connectivity index (χ0v) is 20.6. The second-order valence-corrected chi connectivity index (χ2v) is 10.3. The molecule has 2 aliphatic heterocycles. The van der Waals surface area contributed by atoms with Crippen LogP contribution in [0, 0.1) is 23.4 Å². The first kappa shape index (κ1) is 25.4. The second-order valence-electron chi connectivity index (χ2n) is 10.3. The number of rotatable bonds is 7. The number of aliphatic hydroxyl groups is 1. The summed E-state index contributed by atoms with van der Waals surface area (Å²) in [6.45, 7) is 4.67. The Morgan fingerprint density at radius 2 is 1.89 bits per heavy atom. The third-order valence-electron chi connectivity index (χ3n) is 6.97. The van der Waals surface area contributed by atoms with Gasteiger partial charge in [-0.05, 0) is 48.2 Å². The fourth-order valence-electron chi connectivity index (χ4n) is 5.21. The summed E-state index contributed by atoms with van der Waals surface area (Å²) in [5, 5.41) is 16.5. The second kappa shape index (κ2) is 10.3. The number of aromatic nitrogens is 2. The smallest absolute Gasteiger partial charge is 0.149 e. The number of halogens is 3. The molecule has 0 amide bonds. The molecule has 0 spiro atoms. The van der Waals surface area contributed by atoms with Crippen molar-refractivity contribution in [3.05, 3.63) is 71.4 Å². The third kappa shape index (κ3) is 5.56. The largest absolute Gasteiger partial charge is 0.387 e. The van der Waals surface area contributed by atoms with Crippen molar-refractivity contribution in [1.82, 2.24) is 15.3 Å². The predicted octanol–water partition coefficient (Wildman–Crippen LogP) is 3.22. The number of anilines is 2. The first-order valence-electron chi connectivity index (χ1n) is 12.5. The lowest BCUT2D eigenvalue weighted by atomic mass is 9.88. The Morgan fingerprint density at radius 3 is 2.57 bits per heavy atom. The highest BCUT2D eigenvalue weighted by atomic mass is 19.1. The van der Waals surface area contributed by atoms with E-state index in [9.17, 15) is 18.3 Å². The quantitative estimate of drug-likeness (QED) is 0.386. The molecular formula is C27H31F3N6O. The van der Waals surface area contributed by atoms with Crippen molar-refractivity contribution in [2.45, 2.75) is 38.0 Å². The van der Waals surface area contributed by atoms with Gasteiger partial charge in [-0.2, -0.15) is 0 Å². The molecule has 0 aliphatic carbocycles. The SMILES string of the molecule is C[C@@H]1C[C@H](N)CN(c2ccncc2NCc2ccc(F)c(-c3c(F)cc(CC4(O)CNC4)cc3F)n2)C1. The molecule has 0 bridgehead atoms. The summed E-state index contributed by atoms with van der Waals surface area (Å²) in [7, 11) is 0. The number of benzene rings is 1. The first-order chi connectivity index (χ1) is 17.7. The maximum atomic E-state index is 15.0. The van der Waals surface area contributed by atoms with Crippen LogP contribution in [0.5, 0.6) is 0 Å². The van der Waals surface area contributed by atoms with E-state index >= 15 is 0 Å². The lowest BCUT2D eigenvalue weighted by Crippen LogP contribution is -2.60. The van der Waals surface area contributed by atoms with Crippen LogP contribution in [0.3, 0.4) is 0 Å². The van der Waals surface area contributed by atoms with Crippen LogP contribution in [-0.4, -0.2) is 52.9 Å². The Balaban J connectivity index is 1.36. The van der Waals surface area contributed by atoms with E-state index in [1.807, 2.05) is 6.07 Å². The molecule has 1 aromatic carbocycles. The first-order valence-corrected chi connectivity index (χ1v) is 12.5. The molecule has 4 heterocycles. The highest BCUT2D eigenvalue weighted by Crippen LogP contribution is 2.31. The Hall–Kier alpha value is -3.21. The van der Waals surface area contributed by atoms with Crippen molar-refractivity contribution in [3.8, 4) is 11.3 Å². The minimum Gasteiger partial charge on any atom is -0.387 e. The summed E-state index contributed by atoms with van der Waals surface area (Å²) in [5.41, 5.74) is 6.71. The van der Waals surface area contributed by atoms with Gasteiger partial charge in [0.15, 0.2) is 0 Å². The molecule has 7 nitrogen and oxygen atoms in total. The third-order valence-corrected chi connectivity index (χ3v) is 6.97. The van der Waals surface area contributed by atoms with E-state index in [1.165, 1.54) is 6.07 Å². The highest BCUT2D eigenvalue weighted by molar-refractivity contribution is 5.69. The molecule has 5 N–H and O–H groups in total. The van der Waals surface area contributed by atoms with Crippen LogP contribution in [0.25, 0.3) is 11.3 Å². The van der Waals surface area contributed by atoms with E-state index in [4.69, 9.17) is 5.73 Å². The van der Waals surface area contributed by atoms with E-state index in [2.05, 4.69) is 32.4 Å². The van der Waals surface area contributed by atoms with Gasteiger partial charge < -0.3 is 26.4 Å². The Kier molecular flexibility index (Phi) is 7.06. The number of pyridine rings is 2. The summed E-state index contributed by atoms with van der Waals surface area (Å²) in [6.07, 6.45) is 4.49. The van der Waals surface area contributed by atoms with Gasteiger partial charge in [-0.3, -0.25) is 4.98 Å². The summed E-state index contributed by atoms with van der Waals surface area (Å²) < 4.78 is 44.7. The molecule has 2 aliphatic rings. The van der Waals surface area contributed by atoms with Crippen LogP contribution in [0.2, 0.25) is 0 Å². The van der Waals surface area contributed by atoms with Gasteiger partial charge in [0, 0.05) is 44.8 Å². The van der Waals surface area contributed by atoms with Gasteiger partial charge in [0.05, 0.1) is 41.0 Å². The number of piperidine rings is 1. The van der Waals surface area contributed by atoms with E-state index < -0.39 is 34.3 Å². The Bertz CT molecular complexity index is 1250. The zero-order chi connectivity index (χ0) is 26.2. The summed E-state index contributed by atoms with van der Waals surface area (Å²) in [6, 6.07) is 6.89. The molecule has 10 heteroatoms. The summed E-state index contributed by atoms with van der Waals surface area (Å²) in [4.78, 5) is 10.7. The zero-order valence-electron chi connectivity index (χ0n) is 20.6. The number of hydrogen-bond donors (Lipinski definition) is 4. The van der Waals surface area contributed by atoms with Gasteiger partial charge in [0.25, 0.3) is 0 Å². The maximum absolute atomic E-state index is 15.0. The number of nitrogens with one attached hydrogen (secondary N) is 2. The molecular weight excluding hydrogens is 481 g/mol. The molecule has 3 aromatic rings. The van der Waals surface area contributed by atoms with Crippen LogP contribution < -0.4 is 21.3 Å². The minimum atomic E-state index is -1.03. The van der Waals surface area contributed by atoms with Gasteiger partial charge in [-0.25, -0.2) is 18.2 Å². The molecule has 0 saturated carbocycles. The molecule has 2 aromatic heterocycles. The van der Waals surface area contributed by atoms with Crippen molar-refractivity contribution < 1.29 is 18.3 Å². The fourth-order valence-corrected chi connectivity index (χ4v) is 5.21. The molecule has 0 radical (unpaired) electrons. The van der Waals surface area contributed by atoms with Crippen LogP contribution >= 0.6 is 0 Å². The van der Waals surface area contributed by atoms with Crippen molar-refractivity contribution >= 4 is 11.4 Å². The van der Waals surface area contributed by atoms with Crippen LogP contribution in [0.15, 0.2) is 42.7 Å².